The fourth-order valence-electron chi connectivity index (χ4n) is 3.65. The van der Waals surface area contributed by atoms with E-state index in [0.29, 0.717) is 12.2 Å². The molecule has 1 amide bonds. The highest BCUT2D eigenvalue weighted by atomic mass is 16.3. The number of rotatable bonds is 5. The minimum absolute atomic E-state index is 0.0128. The number of phenolic OH excluding ortho intramolecular Hbond substituents is 1. The molecule has 2 N–H and O–H groups in total. The van der Waals surface area contributed by atoms with E-state index in [4.69, 9.17) is 0 Å². The molecule has 0 spiro atoms. The first-order valence-corrected chi connectivity index (χ1v) is 9.91. The molecule has 0 fully saturated rings. The van der Waals surface area contributed by atoms with Crippen molar-refractivity contribution in [2.24, 2.45) is 0 Å². The molecule has 0 atom stereocenters. The molecule has 0 saturated carbocycles. The quantitative estimate of drug-likeness (QED) is 0.269. The number of para-hydroxylation sites is 1. The maximum atomic E-state index is 12.7. The Balaban J connectivity index is 1.73. The van der Waals surface area contributed by atoms with Crippen LogP contribution < -0.4 is 5.32 Å². The van der Waals surface area contributed by atoms with E-state index in [1.54, 1.807) is 18.2 Å². The molecule has 5 heteroatoms. The topological polar surface area (TPSA) is 78.1 Å². The number of carbonyl (C=O) groups is 1. The summed E-state index contributed by atoms with van der Waals surface area (Å²) in [5.41, 5.74) is 4.57. The number of benzene rings is 3. The first-order valence-electron chi connectivity index (χ1n) is 9.91. The van der Waals surface area contributed by atoms with Crippen LogP contribution in [0.5, 0.6) is 5.75 Å². The lowest BCUT2D eigenvalue weighted by molar-refractivity contribution is -0.112. The van der Waals surface area contributed by atoms with Gasteiger partial charge in [0.05, 0.1) is 0 Å². The molecule has 4 aromatic rings. The van der Waals surface area contributed by atoms with Gasteiger partial charge >= 0.3 is 0 Å². The Morgan fingerprint density at radius 2 is 1.71 bits per heavy atom. The minimum atomic E-state index is -0.493. The van der Waals surface area contributed by atoms with Gasteiger partial charge in [-0.3, -0.25) is 4.79 Å². The van der Waals surface area contributed by atoms with Crippen LogP contribution in [0.25, 0.3) is 17.0 Å². The number of fused-ring (bicyclic) bond motifs is 1. The van der Waals surface area contributed by atoms with Gasteiger partial charge in [0, 0.05) is 34.4 Å². The maximum Gasteiger partial charge on any atom is 0.266 e. The molecule has 0 bridgehead atoms. The third-order valence-corrected chi connectivity index (χ3v) is 5.24. The predicted octanol–water partition coefficient (Wildman–Crippen LogP) is 5.25. The number of hydrogen-bond acceptors (Lipinski definition) is 3. The van der Waals surface area contributed by atoms with Gasteiger partial charge in [-0.05, 0) is 48.9 Å². The number of aromatic nitrogens is 1. The summed E-state index contributed by atoms with van der Waals surface area (Å²) in [5.74, 6) is -0.386. The number of hydrogen-bond donors (Lipinski definition) is 2. The fourth-order valence-corrected chi connectivity index (χ4v) is 3.65. The second-order valence-corrected chi connectivity index (χ2v) is 7.26. The molecule has 1 heterocycles. The summed E-state index contributed by atoms with van der Waals surface area (Å²) in [6.07, 6.45) is 1.65. The number of nitriles is 1. The van der Waals surface area contributed by atoms with Crippen LogP contribution in [0.2, 0.25) is 0 Å². The van der Waals surface area contributed by atoms with Crippen LogP contribution in [0.1, 0.15) is 16.8 Å². The van der Waals surface area contributed by atoms with Crippen LogP contribution in [0, 0.1) is 18.3 Å². The highest BCUT2D eigenvalue weighted by Crippen LogP contribution is 2.29. The van der Waals surface area contributed by atoms with E-state index in [1.807, 2.05) is 55.5 Å². The van der Waals surface area contributed by atoms with E-state index < -0.39 is 5.91 Å². The molecule has 1 aromatic heterocycles. The number of anilines is 1. The Labute approximate surface area is 180 Å². The second-order valence-electron chi connectivity index (χ2n) is 7.26. The first-order chi connectivity index (χ1) is 15.1. The van der Waals surface area contributed by atoms with Crippen LogP contribution in [0.4, 0.5) is 5.69 Å². The number of amides is 1. The third-order valence-electron chi connectivity index (χ3n) is 5.24. The normalized spacial score (nSPS) is 11.3. The molecule has 3 aromatic carbocycles. The van der Waals surface area contributed by atoms with Crippen molar-refractivity contribution < 1.29 is 9.90 Å². The molecule has 5 nitrogen and oxygen atoms in total. The molecular formula is C26H21N3O2. The first kappa shape index (κ1) is 20.0. The van der Waals surface area contributed by atoms with Crippen molar-refractivity contribution in [3.8, 4) is 11.8 Å². The lowest BCUT2D eigenvalue weighted by atomic mass is 10.1. The van der Waals surface area contributed by atoms with Crippen LogP contribution in [0.15, 0.2) is 84.4 Å². The number of nitrogens with one attached hydrogen (secondary N) is 1. The number of nitrogens with zero attached hydrogens (tertiary/aromatic N) is 2. The van der Waals surface area contributed by atoms with Crippen molar-refractivity contribution in [1.29, 1.82) is 5.26 Å². The van der Waals surface area contributed by atoms with Crippen LogP contribution >= 0.6 is 0 Å². The number of aromatic hydroxyl groups is 1. The Bertz CT molecular complexity index is 1310. The van der Waals surface area contributed by atoms with Gasteiger partial charge in [-0.2, -0.15) is 5.26 Å². The zero-order chi connectivity index (χ0) is 21.8. The Morgan fingerprint density at radius 3 is 2.42 bits per heavy atom. The Hall–Kier alpha value is -4.30. The van der Waals surface area contributed by atoms with Gasteiger partial charge in [0.15, 0.2) is 0 Å². The summed E-state index contributed by atoms with van der Waals surface area (Å²) < 4.78 is 2.20. The van der Waals surface area contributed by atoms with Gasteiger partial charge in [0.1, 0.15) is 17.4 Å². The summed E-state index contributed by atoms with van der Waals surface area (Å²) >= 11 is 0. The standard InChI is InChI=1S/C26H21N3O2/c1-18-24(15-20(16-27)26(31)28-21-11-13-22(30)14-12-21)23-9-5-6-10-25(23)29(18)17-19-7-3-2-4-8-19/h2-15,30H,17H2,1H3,(H,28,31)/b20-15-. The number of phenols is 1. The summed E-state index contributed by atoms with van der Waals surface area (Å²) in [6.45, 7) is 2.70. The SMILES string of the molecule is Cc1c(/C=C(/C#N)C(=O)Nc2ccc(O)cc2)c2ccccc2n1Cc1ccccc1. The molecule has 0 unspecified atom stereocenters. The van der Waals surface area contributed by atoms with Crippen molar-refractivity contribution in [2.75, 3.05) is 5.32 Å². The lowest BCUT2D eigenvalue weighted by Crippen LogP contribution is -2.13. The molecule has 0 aliphatic heterocycles. The lowest BCUT2D eigenvalue weighted by Gasteiger charge is -2.09. The van der Waals surface area contributed by atoms with Crippen LogP contribution in [-0.4, -0.2) is 15.6 Å². The molecule has 0 radical (unpaired) electrons. The predicted molar refractivity (Wildman–Crippen MR) is 123 cm³/mol. The molecule has 31 heavy (non-hydrogen) atoms. The molecule has 0 aliphatic carbocycles. The summed E-state index contributed by atoms with van der Waals surface area (Å²) in [7, 11) is 0. The third kappa shape index (κ3) is 4.19. The number of carbonyl (C=O) groups excluding carboxylic acids is 1. The average Bonchev–Trinajstić information content (AvgIpc) is 3.05. The van der Waals surface area contributed by atoms with Gasteiger partial charge < -0.3 is 15.0 Å². The maximum absolute atomic E-state index is 12.7. The van der Waals surface area contributed by atoms with Gasteiger partial charge in [0.2, 0.25) is 0 Å². The largest absolute Gasteiger partial charge is 0.508 e. The van der Waals surface area contributed by atoms with Crippen LogP contribution in [-0.2, 0) is 11.3 Å². The van der Waals surface area contributed by atoms with Crippen molar-refractivity contribution in [1.82, 2.24) is 4.57 Å². The van der Waals surface area contributed by atoms with E-state index in [9.17, 15) is 15.2 Å². The fraction of sp³-hybridized carbons (Fsp3) is 0.0769. The van der Waals surface area contributed by atoms with E-state index in [1.165, 1.54) is 17.7 Å². The summed E-state index contributed by atoms with van der Waals surface area (Å²) in [6, 6.07) is 26.3. The van der Waals surface area contributed by atoms with Crippen molar-refractivity contribution in [3.63, 3.8) is 0 Å². The van der Waals surface area contributed by atoms with Crippen molar-refractivity contribution in [2.45, 2.75) is 13.5 Å². The Kier molecular flexibility index (Phi) is 5.55. The molecule has 0 saturated heterocycles. The monoisotopic (exact) mass is 407 g/mol. The molecular weight excluding hydrogens is 386 g/mol. The van der Waals surface area contributed by atoms with E-state index in [-0.39, 0.29) is 11.3 Å². The van der Waals surface area contributed by atoms with Crippen molar-refractivity contribution in [3.05, 3.63) is 101 Å². The van der Waals surface area contributed by atoms with E-state index >= 15 is 0 Å². The smallest absolute Gasteiger partial charge is 0.266 e. The highest BCUT2D eigenvalue weighted by molar-refractivity contribution is 6.11. The summed E-state index contributed by atoms with van der Waals surface area (Å²) in [5, 5.41) is 22.8. The van der Waals surface area contributed by atoms with Gasteiger partial charge in [0.25, 0.3) is 5.91 Å². The minimum Gasteiger partial charge on any atom is -0.508 e. The van der Waals surface area contributed by atoms with Crippen molar-refractivity contribution >= 4 is 28.6 Å². The molecule has 0 aliphatic rings. The second kappa shape index (κ2) is 8.60. The zero-order valence-electron chi connectivity index (χ0n) is 17.0. The summed E-state index contributed by atoms with van der Waals surface area (Å²) in [4.78, 5) is 12.7. The Morgan fingerprint density at radius 1 is 1.03 bits per heavy atom. The molecule has 4 rings (SSSR count). The van der Waals surface area contributed by atoms with E-state index in [2.05, 4.69) is 22.0 Å². The highest BCUT2D eigenvalue weighted by Gasteiger charge is 2.16. The van der Waals surface area contributed by atoms with Gasteiger partial charge in [-0.25, -0.2) is 0 Å². The molecule has 152 valence electrons. The van der Waals surface area contributed by atoms with Gasteiger partial charge in [-0.15, -0.1) is 0 Å². The van der Waals surface area contributed by atoms with Gasteiger partial charge in [-0.1, -0.05) is 48.5 Å². The average molecular weight is 407 g/mol. The van der Waals surface area contributed by atoms with Crippen LogP contribution in [0.3, 0.4) is 0 Å². The van der Waals surface area contributed by atoms with E-state index in [0.717, 1.165) is 22.2 Å². The zero-order valence-corrected chi connectivity index (χ0v) is 17.0.